The topological polar surface area (TPSA) is 70.5 Å². The summed E-state index contributed by atoms with van der Waals surface area (Å²) in [4.78, 5) is 11.4. The van der Waals surface area contributed by atoms with Crippen molar-refractivity contribution in [3.63, 3.8) is 0 Å². The second kappa shape index (κ2) is 18.3. The van der Waals surface area contributed by atoms with Gasteiger partial charge in [-0.25, -0.2) is 14.5 Å². The fraction of sp³-hybridized carbons (Fsp3) is 0.0152. The zero-order valence-electron chi connectivity index (χ0n) is 39.9. The van der Waals surface area contributed by atoms with Crippen LogP contribution in [-0.2, 0) is 6.18 Å². The Morgan fingerprint density at radius 3 is 1.21 bits per heavy atom. The number of fused-ring (bicyclic) bond motifs is 6. The van der Waals surface area contributed by atoms with Crippen molar-refractivity contribution in [1.82, 2.24) is 9.13 Å². The molecular weight excluding hydrogens is 948 g/mol. The zero-order valence-corrected chi connectivity index (χ0v) is 39.9. The predicted octanol–water partition coefficient (Wildman–Crippen LogP) is 18.6. The molecule has 2 aromatic heterocycles. The van der Waals surface area contributed by atoms with Crippen LogP contribution >= 0.6 is 0 Å². The van der Waals surface area contributed by atoms with Gasteiger partial charge in [0.15, 0.2) is 11.4 Å². The summed E-state index contributed by atoms with van der Waals surface area (Å²) in [6.07, 6.45) is -4.74. The predicted molar refractivity (Wildman–Crippen MR) is 296 cm³/mol. The fourth-order valence-electron chi connectivity index (χ4n) is 10.5. The Kier molecular flexibility index (Phi) is 11.1. The van der Waals surface area contributed by atoms with Crippen LogP contribution in [0.3, 0.4) is 0 Å². The lowest BCUT2D eigenvalue weighted by Gasteiger charge is -2.21. The quantitative estimate of drug-likeness (QED) is 0.149. The zero-order chi connectivity index (χ0) is 52.2. The molecule has 10 aromatic carbocycles. The van der Waals surface area contributed by atoms with Crippen molar-refractivity contribution in [2.75, 3.05) is 0 Å². The molecule has 0 atom stereocenters. The van der Waals surface area contributed by atoms with Crippen LogP contribution in [0.1, 0.15) is 16.7 Å². The van der Waals surface area contributed by atoms with E-state index in [1.807, 2.05) is 155 Å². The van der Waals surface area contributed by atoms with Crippen molar-refractivity contribution < 1.29 is 13.2 Å². The molecule has 0 aliphatic heterocycles. The highest BCUT2D eigenvalue weighted by molar-refractivity contribution is 6.14. The number of halogens is 3. The molecule has 354 valence electrons. The van der Waals surface area contributed by atoms with Gasteiger partial charge in [-0.1, -0.05) is 103 Å². The lowest BCUT2D eigenvalue weighted by Crippen LogP contribution is -2.08. The maximum Gasteiger partial charge on any atom is 0.416 e. The van der Waals surface area contributed by atoms with E-state index < -0.39 is 11.7 Å². The van der Waals surface area contributed by atoms with Crippen LogP contribution in [0.5, 0.6) is 0 Å². The molecule has 0 saturated heterocycles. The first-order valence-electron chi connectivity index (χ1n) is 23.9. The molecule has 0 saturated carbocycles. The molecule has 0 fully saturated rings. The van der Waals surface area contributed by atoms with E-state index in [1.54, 1.807) is 42.5 Å². The molecule has 0 radical (unpaired) electrons. The molecule has 12 aromatic rings. The second-order valence-electron chi connectivity index (χ2n) is 18.3. The van der Waals surface area contributed by atoms with Crippen molar-refractivity contribution in [2.45, 2.75) is 6.18 Å². The van der Waals surface area contributed by atoms with Crippen LogP contribution in [0.4, 0.5) is 30.2 Å². The summed E-state index contributed by atoms with van der Waals surface area (Å²) in [5.74, 6) is 0. The molecule has 0 bridgehead atoms. The number of para-hydroxylation sites is 1. The van der Waals surface area contributed by atoms with Gasteiger partial charge in [0.25, 0.3) is 0 Å². The van der Waals surface area contributed by atoms with Crippen LogP contribution in [0, 0.1) is 42.4 Å². The van der Waals surface area contributed by atoms with Gasteiger partial charge in [0.05, 0.1) is 82.0 Å². The maximum absolute atomic E-state index is 15.2. The van der Waals surface area contributed by atoms with Gasteiger partial charge in [0.1, 0.15) is 0 Å². The summed E-state index contributed by atoms with van der Waals surface area (Å²) in [5.41, 5.74) is 12.1. The highest BCUT2D eigenvalue weighted by Crippen LogP contribution is 2.47. The lowest BCUT2D eigenvalue weighted by molar-refractivity contribution is -0.137. The third-order valence-electron chi connectivity index (χ3n) is 14.0. The normalized spacial score (nSPS) is 11.3. The third-order valence-corrected chi connectivity index (χ3v) is 14.0. The number of rotatable bonds is 7. The summed E-state index contributed by atoms with van der Waals surface area (Å²) >= 11 is 0. The van der Waals surface area contributed by atoms with Gasteiger partial charge < -0.3 is 9.13 Å². The molecule has 0 amide bonds. The minimum absolute atomic E-state index is 0.206. The van der Waals surface area contributed by atoms with Crippen molar-refractivity contribution in [3.05, 3.63) is 257 Å². The minimum atomic E-state index is -4.74. The first-order chi connectivity index (χ1) is 37.0. The molecule has 0 unspecified atom stereocenters. The molecule has 2 heterocycles. The van der Waals surface area contributed by atoms with Gasteiger partial charge in [0.2, 0.25) is 5.69 Å². The van der Waals surface area contributed by atoms with E-state index in [0.717, 1.165) is 72.1 Å². The molecule has 7 nitrogen and oxygen atoms in total. The van der Waals surface area contributed by atoms with Crippen molar-refractivity contribution in [3.8, 4) is 79.1 Å². The lowest BCUT2D eigenvalue weighted by atomic mass is 9.97. The van der Waals surface area contributed by atoms with Gasteiger partial charge in [-0.15, -0.1) is 0 Å². The number of hydrogen-bond donors (Lipinski definition) is 0. The van der Waals surface area contributed by atoms with Gasteiger partial charge in [-0.2, -0.15) is 23.7 Å². The summed E-state index contributed by atoms with van der Waals surface area (Å²) < 4.78 is 49.6. The van der Waals surface area contributed by atoms with Gasteiger partial charge in [0, 0.05) is 27.1 Å². The van der Waals surface area contributed by atoms with Crippen LogP contribution in [0.15, 0.2) is 206 Å². The van der Waals surface area contributed by atoms with Crippen LogP contribution in [-0.4, -0.2) is 9.13 Å². The first-order valence-corrected chi connectivity index (χ1v) is 23.9. The van der Waals surface area contributed by atoms with E-state index >= 15 is 13.2 Å². The number of aromatic nitrogens is 2. The molecule has 76 heavy (non-hydrogen) atoms. The molecule has 0 aliphatic rings. The molecular formula is C66H34F3N7. The maximum atomic E-state index is 15.2. The monoisotopic (exact) mass is 981 g/mol. The number of nitriles is 2. The van der Waals surface area contributed by atoms with Crippen LogP contribution in [0.2, 0.25) is 0 Å². The fourth-order valence-corrected chi connectivity index (χ4v) is 10.5. The third kappa shape index (κ3) is 7.83. The van der Waals surface area contributed by atoms with Crippen molar-refractivity contribution in [2.24, 2.45) is 0 Å². The Labute approximate surface area is 434 Å². The highest BCUT2D eigenvalue weighted by atomic mass is 19.4. The molecule has 0 aliphatic carbocycles. The van der Waals surface area contributed by atoms with E-state index in [2.05, 4.69) is 26.7 Å². The molecule has 12 rings (SSSR count). The Morgan fingerprint density at radius 1 is 0.382 bits per heavy atom. The Hall–Kier alpha value is -11.0. The summed E-state index contributed by atoms with van der Waals surface area (Å²) in [6, 6.07) is 66.4. The van der Waals surface area contributed by atoms with Gasteiger partial charge in [-0.05, 0) is 153 Å². The van der Waals surface area contributed by atoms with Gasteiger partial charge in [-0.3, -0.25) is 0 Å². The average molecular weight is 982 g/mol. The van der Waals surface area contributed by atoms with E-state index in [-0.39, 0.29) is 11.3 Å². The molecule has 0 spiro atoms. The van der Waals surface area contributed by atoms with E-state index in [0.29, 0.717) is 61.5 Å². The second-order valence-corrected chi connectivity index (χ2v) is 18.3. The minimum Gasteiger partial charge on any atom is -0.318 e. The van der Waals surface area contributed by atoms with E-state index in [4.69, 9.17) is 19.7 Å². The summed E-state index contributed by atoms with van der Waals surface area (Å²) in [5, 5.41) is 22.8. The van der Waals surface area contributed by atoms with E-state index in [9.17, 15) is 10.5 Å². The van der Waals surface area contributed by atoms with Crippen LogP contribution < -0.4 is 0 Å². The molecule has 0 N–H and O–H groups in total. The number of nitrogens with zero attached hydrogens (tertiary/aromatic N) is 7. The summed E-state index contributed by atoms with van der Waals surface area (Å²) in [6.45, 7) is 24.0. The Balaban J connectivity index is 1.16. The van der Waals surface area contributed by atoms with Crippen molar-refractivity contribution >= 4 is 60.7 Å². The van der Waals surface area contributed by atoms with Crippen LogP contribution in [0.25, 0.3) is 125 Å². The molecule has 10 heteroatoms. The summed E-state index contributed by atoms with van der Waals surface area (Å²) in [7, 11) is 0. The highest BCUT2D eigenvalue weighted by Gasteiger charge is 2.33. The number of hydrogen-bond acceptors (Lipinski definition) is 2. The smallest absolute Gasteiger partial charge is 0.318 e. The SMILES string of the molecule is [C-]#[N+]c1cccc(-c2ccc3c(c2)c2cc(-c4cccc(C#N)c4)ccc2n3-c2ccc(C(F)(F)F)cc2-c2cccc([N+]#[C-])c2-n2c3ccc(-c4cccc(C#N)c4)cc3c3cc(-c4cccc([N+]#[C-])c4)ccc32)c1. The number of alkyl halides is 3. The Morgan fingerprint density at radius 2 is 0.789 bits per heavy atom. The largest absolute Gasteiger partial charge is 0.416 e. The van der Waals surface area contributed by atoms with Gasteiger partial charge >= 0.3 is 6.18 Å². The van der Waals surface area contributed by atoms with Crippen molar-refractivity contribution in [1.29, 1.82) is 10.5 Å². The first kappa shape index (κ1) is 46.1. The Bertz CT molecular complexity index is 4420. The standard InChI is InChI=1S/C66H34F3N7/c1-72-51-15-6-13-44(31-51)48-20-25-61-55(35-48)54-33-46(42-11-4-9-40(29-42)38-70)19-24-60(54)75(61)62-28-23-50(66(67,68)69)37-58(62)53-17-8-18-59(74-3)65(53)76-63-26-21-47(43-12-5-10-41(30-43)39-71)34-56(63)57-36-49(22-27-64(57)76)45-14-7-16-52(32-45)73-2/h4-37H. The van der Waals surface area contributed by atoms with E-state index in [1.165, 1.54) is 12.1 Å². The average Bonchev–Trinajstić information content (AvgIpc) is 4.15. The number of benzene rings is 10.